The molecule has 0 saturated carbocycles. The lowest BCUT2D eigenvalue weighted by atomic mass is 10.0. The minimum atomic E-state index is -0.398. The van der Waals surface area contributed by atoms with Crippen LogP contribution in [-0.4, -0.2) is 50.5 Å². The molecule has 1 aliphatic rings. The van der Waals surface area contributed by atoms with Crippen LogP contribution in [0.25, 0.3) is 11.0 Å². The van der Waals surface area contributed by atoms with Crippen LogP contribution < -0.4 is 0 Å². The predicted molar refractivity (Wildman–Crippen MR) is 92.7 cm³/mol. The number of hydrogen-bond acceptors (Lipinski definition) is 4. The van der Waals surface area contributed by atoms with Gasteiger partial charge in [-0.2, -0.15) is 0 Å². The molecule has 0 bridgehead atoms. The summed E-state index contributed by atoms with van der Waals surface area (Å²) < 4.78 is 0. The number of carbonyl (C=O) groups excluding carboxylic acids is 2. The lowest BCUT2D eigenvalue weighted by molar-refractivity contribution is -0.157. The fraction of sp³-hybridized carbons (Fsp3) is 0.500. The highest BCUT2D eigenvalue weighted by Crippen LogP contribution is 2.33. The van der Waals surface area contributed by atoms with Crippen LogP contribution in [0.2, 0.25) is 0 Å². The molecule has 1 aromatic heterocycles. The van der Waals surface area contributed by atoms with Gasteiger partial charge in [-0.1, -0.05) is 25.5 Å². The van der Waals surface area contributed by atoms with Gasteiger partial charge in [-0.25, -0.2) is 10.0 Å². The Morgan fingerprint density at radius 3 is 3.04 bits per heavy atom. The Morgan fingerprint density at radius 1 is 1.52 bits per heavy atom. The second kappa shape index (κ2) is 7.65. The van der Waals surface area contributed by atoms with E-state index in [1.165, 1.54) is 0 Å². The number of nitrogens with zero attached hydrogens (tertiary/aromatic N) is 3. The fourth-order valence-electron chi connectivity index (χ4n) is 3.59. The molecule has 1 aromatic carbocycles. The Balaban J connectivity index is 1.81. The monoisotopic (exact) mass is 344 g/mol. The zero-order chi connectivity index (χ0) is 17.8. The molecule has 134 valence electrons. The lowest BCUT2D eigenvalue weighted by Crippen LogP contribution is -2.40. The molecule has 0 spiro atoms. The van der Waals surface area contributed by atoms with Gasteiger partial charge in [-0.05, 0) is 31.4 Å². The molecule has 1 saturated heterocycles. The highest BCUT2D eigenvalue weighted by Gasteiger charge is 2.35. The standard InChI is InChI=1S/C18H24N4O3/c1-2-6-13(11-21(25)12-23)18(24)22-10-5-9-16(22)17-19-14-7-3-4-8-15(14)20-17/h3-4,7-8,12-13,16,25H,2,5-6,9-11H2,1H3,(H,19,20)/t13-,16-/m0/s1. The first kappa shape index (κ1) is 17.4. The minimum absolute atomic E-state index is 0.0225. The number of likely N-dealkylation sites (tertiary alicyclic amines) is 1. The maximum atomic E-state index is 13.0. The Kier molecular flexibility index (Phi) is 5.33. The summed E-state index contributed by atoms with van der Waals surface area (Å²) in [5.74, 6) is 0.384. The average molecular weight is 344 g/mol. The number of hydrogen-bond donors (Lipinski definition) is 2. The molecule has 7 heteroatoms. The zero-order valence-electron chi connectivity index (χ0n) is 14.4. The highest BCUT2D eigenvalue weighted by atomic mass is 16.5. The zero-order valence-corrected chi connectivity index (χ0v) is 14.4. The number of aromatic amines is 1. The number of para-hydroxylation sites is 2. The van der Waals surface area contributed by atoms with Gasteiger partial charge in [0, 0.05) is 6.54 Å². The first-order valence-corrected chi connectivity index (χ1v) is 8.80. The van der Waals surface area contributed by atoms with Gasteiger partial charge >= 0.3 is 0 Å². The summed E-state index contributed by atoms with van der Waals surface area (Å²) in [5, 5.41) is 10.1. The van der Waals surface area contributed by atoms with Crippen molar-refractivity contribution in [3.05, 3.63) is 30.1 Å². The van der Waals surface area contributed by atoms with Gasteiger partial charge in [-0.15, -0.1) is 0 Å². The molecule has 25 heavy (non-hydrogen) atoms. The van der Waals surface area contributed by atoms with E-state index in [4.69, 9.17) is 0 Å². The molecule has 0 radical (unpaired) electrons. The van der Waals surface area contributed by atoms with E-state index in [1.54, 1.807) is 0 Å². The topological polar surface area (TPSA) is 89.5 Å². The Morgan fingerprint density at radius 2 is 2.32 bits per heavy atom. The van der Waals surface area contributed by atoms with E-state index in [9.17, 15) is 14.8 Å². The molecule has 7 nitrogen and oxygen atoms in total. The smallest absolute Gasteiger partial charge is 0.233 e. The van der Waals surface area contributed by atoms with Gasteiger partial charge < -0.3 is 9.88 Å². The SMILES string of the molecule is CCC[C@@H](CN(O)C=O)C(=O)N1CCC[C@H]1c1nc2ccccc2[nH]1. The van der Waals surface area contributed by atoms with Gasteiger partial charge in [0.2, 0.25) is 12.3 Å². The number of aromatic nitrogens is 2. The van der Waals surface area contributed by atoms with E-state index in [1.807, 2.05) is 36.1 Å². The molecule has 2 atom stereocenters. The Bertz CT molecular complexity index is 712. The molecular formula is C18H24N4O3. The number of amides is 2. The van der Waals surface area contributed by atoms with Crippen molar-refractivity contribution in [3.8, 4) is 0 Å². The van der Waals surface area contributed by atoms with Crippen LogP contribution in [-0.2, 0) is 9.59 Å². The number of carbonyl (C=O) groups is 2. The van der Waals surface area contributed by atoms with E-state index >= 15 is 0 Å². The molecule has 0 unspecified atom stereocenters. The molecule has 2 heterocycles. The van der Waals surface area contributed by atoms with E-state index in [0.29, 0.717) is 24.4 Å². The first-order chi connectivity index (χ1) is 12.1. The number of benzene rings is 1. The van der Waals surface area contributed by atoms with Gasteiger partial charge in [0.05, 0.1) is 29.5 Å². The van der Waals surface area contributed by atoms with Gasteiger partial charge in [0.25, 0.3) is 0 Å². The lowest BCUT2D eigenvalue weighted by Gasteiger charge is -2.28. The molecule has 1 fully saturated rings. The van der Waals surface area contributed by atoms with Crippen LogP contribution in [0.5, 0.6) is 0 Å². The van der Waals surface area contributed by atoms with E-state index in [2.05, 4.69) is 9.97 Å². The molecule has 1 aliphatic heterocycles. The van der Waals surface area contributed by atoms with Gasteiger partial charge in [0.15, 0.2) is 0 Å². The van der Waals surface area contributed by atoms with Crippen molar-refractivity contribution < 1.29 is 14.8 Å². The Labute approximate surface area is 146 Å². The van der Waals surface area contributed by atoms with Crippen LogP contribution in [0.3, 0.4) is 0 Å². The highest BCUT2D eigenvalue weighted by molar-refractivity contribution is 5.80. The third-order valence-electron chi connectivity index (χ3n) is 4.77. The summed E-state index contributed by atoms with van der Waals surface area (Å²) in [6, 6.07) is 7.73. The molecular weight excluding hydrogens is 320 g/mol. The summed E-state index contributed by atoms with van der Waals surface area (Å²) >= 11 is 0. The van der Waals surface area contributed by atoms with E-state index in [0.717, 1.165) is 36.1 Å². The predicted octanol–water partition coefficient (Wildman–Crippen LogP) is 2.49. The van der Waals surface area contributed by atoms with Crippen LogP contribution in [0.4, 0.5) is 0 Å². The summed E-state index contributed by atoms with van der Waals surface area (Å²) in [5.41, 5.74) is 1.86. The van der Waals surface area contributed by atoms with Gasteiger partial charge in [-0.3, -0.25) is 14.8 Å². The van der Waals surface area contributed by atoms with Crippen molar-refractivity contribution in [1.82, 2.24) is 19.9 Å². The van der Waals surface area contributed by atoms with Crippen molar-refractivity contribution in [1.29, 1.82) is 0 Å². The van der Waals surface area contributed by atoms with Crippen LogP contribution >= 0.6 is 0 Å². The average Bonchev–Trinajstić information content (AvgIpc) is 3.26. The number of fused-ring (bicyclic) bond motifs is 1. The summed E-state index contributed by atoms with van der Waals surface area (Å²) in [7, 11) is 0. The quantitative estimate of drug-likeness (QED) is 0.459. The number of rotatable bonds is 7. The number of imidazole rings is 1. The molecule has 0 aliphatic carbocycles. The van der Waals surface area contributed by atoms with Crippen molar-refractivity contribution in [3.63, 3.8) is 0 Å². The third kappa shape index (κ3) is 3.66. The van der Waals surface area contributed by atoms with E-state index < -0.39 is 5.92 Å². The van der Waals surface area contributed by atoms with Crippen LogP contribution in [0.15, 0.2) is 24.3 Å². The summed E-state index contributed by atoms with van der Waals surface area (Å²) in [6.45, 7) is 2.69. The first-order valence-electron chi connectivity index (χ1n) is 8.80. The summed E-state index contributed by atoms with van der Waals surface area (Å²) in [4.78, 5) is 33.5. The minimum Gasteiger partial charge on any atom is -0.340 e. The summed E-state index contributed by atoms with van der Waals surface area (Å²) in [6.07, 6.45) is 3.57. The van der Waals surface area contributed by atoms with Crippen molar-refractivity contribution in [2.24, 2.45) is 5.92 Å². The second-order valence-corrected chi connectivity index (χ2v) is 6.54. The maximum Gasteiger partial charge on any atom is 0.233 e. The Hall–Kier alpha value is -2.41. The van der Waals surface area contributed by atoms with Crippen molar-refractivity contribution in [2.75, 3.05) is 13.1 Å². The van der Waals surface area contributed by atoms with E-state index in [-0.39, 0.29) is 18.5 Å². The molecule has 2 amide bonds. The van der Waals surface area contributed by atoms with Gasteiger partial charge in [0.1, 0.15) is 5.82 Å². The van der Waals surface area contributed by atoms with Crippen molar-refractivity contribution >= 4 is 23.4 Å². The van der Waals surface area contributed by atoms with Crippen molar-refractivity contribution in [2.45, 2.75) is 38.6 Å². The molecule has 3 rings (SSSR count). The number of H-pyrrole nitrogens is 1. The molecule has 2 N–H and O–H groups in total. The van der Waals surface area contributed by atoms with Crippen LogP contribution in [0.1, 0.15) is 44.5 Å². The normalized spacial score (nSPS) is 18.5. The van der Waals surface area contributed by atoms with Crippen LogP contribution in [0, 0.1) is 5.92 Å². The number of hydroxylamine groups is 2. The largest absolute Gasteiger partial charge is 0.340 e. The maximum absolute atomic E-state index is 13.0. The third-order valence-corrected chi connectivity index (χ3v) is 4.77. The second-order valence-electron chi connectivity index (χ2n) is 6.54. The fourth-order valence-corrected chi connectivity index (χ4v) is 3.59. The molecule has 2 aromatic rings. The number of nitrogens with one attached hydrogen (secondary N) is 1.